The number of fused-ring (bicyclic) bond motifs is 1. The van der Waals surface area contributed by atoms with Gasteiger partial charge in [0, 0.05) is 23.8 Å². The summed E-state index contributed by atoms with van der Waals surface area (Å²) < 4.78 is 0. The van der Waals surface area contributed by atoms with Crippen molar-refractivity contribution in [2.45, 2.75) is 19.4 Å². The summed E-state index contributed by atoms with van der Waals surface area (Å²) in [7, 11) is 0. The lowest BCUT2D eigenvalue weighted by atomic mass is 9.95. The van der Waals surface area contributed by atoms with Crippen molar-refractivity contribution in [2.75, 3.05) is 6.54 Å². The molecule has 2 aromatic carbocycles. The summed E-state index contributed by atoms with van der Waals surface area (Å²) in [6.07, 6.45) is 4.80. The minimum atomic E-state index is 0.323. The van der Waals surface area contributed by atoms with E-state index in [1.165, 1.54) is 21.9 Å². The third kappa shape index (κ3) is 3.11. The van der Waals surface area contributed by atoms with E-state index >= 15 is 0 Å². The molecule has 2 heteroatoms. The normalized spacial score (nSPS) is 12.4. The summed E-state index contributed by atoms with van der Waals surface area (Å²) in [6, 6.07) is 19.5. The fourth-order valence-electron chi connectivity index (χ4n) is 2.84. The van der Waals surface area contributed by atoms with Crippen molar-refractivity contribution in [3.63, 3.8) is 0 Å². The maximum atomic E-state index is 4.22. The average Bonchev–Trinajstić information content (AvgIpc) is 2.55. The molecule has 0 saturated heterocycles. The summed E-state index contributed by atoms with van der Waals surface area (Å²) in [6.45, 7) is 3.11. The van der Waals surface area contributed by atoms with E-state index in [1.54, 1.807) is 0 Å². The molecular formula is C19H20N2. The van der Waals surface area contributed by atoms with Crippen molar-refractivity contribution in [3.8, 4) is 0 Å². The van der Waals surface area contributed by atoms with Crippen LogP contribution in [0.3, 0.4) is 0 Å². The van der Waals surface area contributed by atoms with Gasteiger partial charge in [-0.1, -0.05) is 55.5 Å². The van der Waals surface area contributed by atoms with Gasteiger partial charge in [-0.25, -0.2) is 0 Å². The summed E-state index contributed by atoms with van der Waals surface area (Å²) in [5, 5.41) is 6.11. The van der Waals surface area contributed by atoms with Gasteiger partial charge >= 0.3 is 0 Å². The number of nitrogens with one attached hydrogen (secondary N) is 1. The Morgan fingerprint density at radius 2 is 1.86 bits per heavy atom. The molecule has 1 atom stereocenters. The van der Waals surface area contributed by atoms with E-state index in [4.69, 9.17) is 0 Å². The molecule has 1 unspecified atom stereocenters. The Balaban J connectivity index is 1.99. The number of hydrogen-bond acceptors (Lipinski definition) is 2. The molecule has 0 spiro atoms. The molecule has 0 aliphatic rings. The molecule has 3 aromatic rings. The molecule has 1 N–H and O–H groups in total. The van der Waals surface area contributed by atoms with Gasteiger partial charge in [0.05, 0.1) is 0 Å². The van der Waals surface area contributed by atoms with E-state index in [2.05, 4.69) is 71.8 Å². The van der Waals surface area contributed by atoms with Gasteiger partial charge in [0.25, 0.3) is 0 Å². The predicted octanol–water partition coefficient (Wildman–Crippen LogP) is 4.13. The van der Waals surface area contributed by atoms with E-state index in [1.807, 2.05) is 12.4 Å². The third-order valence-corrected chi connectivity index (χ3v) is 3.82. The van der Waals surface area contributed by atoms with Gasteiger partial charge in [-0.2, -0.15) is 0 Å². The first-order chi connectivity index (χ1) is 10.4. The zero-order valence-electron chi connectivity index (χ0n) is 12.3. The zero-order chi connectivity index (χ0) is 14.5. The average molecular weight is 276 g/mol. The van der Waals surface area contributed by atoms with Gasteiger partial charge < -0.3 is 5.32 Å². The van der Waals surface area contributed by atoms with Crippen LogP contribution in [0.1, 0.15) is 24.1 Å². The molecule has 0 radical (unpaired) electrons. The Kier molecular flexibility index (Phi) is 4.27. The lowest BCUT2D eigenvalue weighted by molar-refractivity contribution is 0.553. The van der Waals surface area contributed by atoms with E-state index in [9.17, 15) is 0 Å². The molecule has 2 nitrogen and oxygen atoms in total. The molecule has 3 rings (SSSR count). The molecule has 106 valence electrons. The first kappa shape index (κ1) is 13.8. The smallest absolute Gasteiger partial charge is 0.0366 e. The lowest BCUT2D eigenvalue weighted by Gasteiger charge is -2.20. The Morgan fingerprint density at radius 1 is 1.00 bits per heavy atom. The topological polar surface area (TPSA) is 24.9 Å². The first-order valence-electron chi connectivity index (χ1n) is 7.48. The number of likely N-dealkylation sites (N-methyl/N-ethyl adjacent to an activating group) is 1. The van der Waals surface area contributed by atoms with Crippen molar-refractivity contribution >= 4 is 10.8 Å². The summed E-state index contributed by atoms with van der Waals surface area (Å²) >= 11 is 0. The van der Waals surface area contributed by atoms with Gasteiger partial charge in [-0.15, -0.1) is 0 Å². The lowest BCUT2D eigenvalue weighted by Crippen LogP contribution is -2.23. The monoisotopic (exact) mass is 276 g/mol. The molecule has 21 heavy (non-hydrogen) atoms. The number of aromatic nitrogens is 1. The molecule has 0 bridgehead atoms. The fourth-order valence-corrected chi connectivity index (χ4v) is 2.84. The molecule has 0 aliphatic heterocycles. The minimum Gasteiger partial charge on any atom is -0.310 e. The van der Waals surface area contributed by atoms with E-state index in [0.717, 1.165) is 13.0 Å². The SMILES string of the molecule is CCNC(Cc1ccccc1)c1cccc2cnccc12. The van der Waals surface area contributed by atoms with Crippen LogP contribution in [0.4, 0.5) is 0 Å². The van der Waals surface area contributed by atoms with Crippen LogP contribution in [-0.2, 0) is 6.42 Å². The van der Waals surface area contributed by atoms with Crippen molar-refractivity contribution in [3.05, 3.63) is 78.1 Å². The van der Waals surface area contributed by atoms with E-state index in [-0.39, 0.29) is 0 Å². The predicted molar refractivity (Wildman–Crippen MR) is 88.3 cm³/mol. The highest BCUT2D eigenvalue weighted by molar-refractivity contribution is 5.85. The summed E-state index contributed by atoms with van der Waals surface area (Å²) in [5.41, 5.74) is 2.70. The van der Waals surface area contributed by atoms with Crippen molar-refractivity contribution in [1.29, 1.82) is 0 Å². The van der Waals surface area contributed by atoms with Gasteiger partial charge in [0.2, 0.25) is 0 Å². The largest absolute Gasteiger partial charge is 0.310 e. The highest BCUT2D eigenvalue weighted by Gasteiger charge is 2.13. The highest BCUT2D eigenvalue weighted by Crippen LogP contribution is 2.26. The van der Waals surface area contributed by atoms with Crippen LogP contribution >= 0.6 is 0 Å². The van der Waals surface area contributed by atoms with Crippen LogP contribution in [0.25, 0.3) is 10.8 Å². The van der Waals surface area contributed by atoms with Crippen LogP contribution in [0.15, 0.2) is 67.0 Å². The second-order valence-corrected chi connectivity index (χ2v) is 5.24. The first-order valence-corrected chi connectivity index (χ1v) is 7.48. The fraction of sp³-hybridized carbons (Fsp3) is 0.211. The standard InChI is InChI=1S/C19H20N2/c1-2-21-19(13-15-7-4-3-5-8-15)18-10-6-9-16-14-20-12-11-17(16)18/h3-12,14,19,21H,2,13H2,1H3. The number of rotatable bonds is 5. The molecule has 1 heterocycles. The van der Waals surface area contributed by atoms with Crippen LogP contribution in [0.2, 0.25) is 0 Å². The second-order valence-electron chi connectivity index (χ2n) is 5.24. The van der Waals surface area contributed by atoms with Crippen molar-refractivity contribution < 1.29 is 0 Å². The summed E-state index contributed by atoms with van der Waals surface area (Å²) in [5.74, 6) is 0. The number of pyridine rings is 1. The molecule has 0 amide bonds. The molecule has 0 saturated carbocycles. The van der Waals surface area contributed by atoms with E-state index < -0.39 is 0 Å². The Morgan fingerprint density at radius 3 is 2.67 bits per heavy atom. The molecule has 1 aromatic heterocycles. The van der Waals surface area contributed by atoms with Crippen LogP contribution in [-0.4, -0.2) is 11.5 Å². The molecule has 0 fully saturated rings. The maximum absolute atomic E-state index is 4.22. The zero-order valence-corrected chi connectivity index (χ0v) is 12.3. The number of benzene rings is 2. The minimum absolute atomic E-state index is 0.323. The quantitative estimate of drug-likeness (QED) is 0.758. The highest BCUT2D eigenvalue weighted by atomic mass is 14.9. The van der Waals surface area contributed by atoms with Gasteiger partial charge in [0.15, 0.2) is 0 Å². The third-order valence-electron chi connectivity index (χ3n) is 3.82. The Bertz CT molecular complexity index is 702. The van der Waals surface area contributed by atoms with Crippen LogP contribution in [0.5, 0.6) is 0 Å². The molecular weight excluding hydrogens is 256 g/mol. The van der Waals surface area contributed by atoms with Crippen molar-refractivity contribution in [2.24, 2.45) is 0 Å². The number of hydrogen-bond donors (Lipinski definition) is 1. The van der Waals surface area contributed by atoms with E-state index in [0.29, 0.717) is 6.04 Å². The molecule has 0 aliphatic carbocycles. The van der Waals surface area contributed by atoms with Gasteiger partial charge in [-0.3, -0.25) is 4.98 Å². The van der Waals surface area contributed by atoms with Gasteiger partial charge in [0.1, 0.15) is 0 Å². The van der Waals surface area contributed by atoms with Crippen LogP contribution < -0.4 is 5.32 Å². The Hall–Kier alpha value is -2.19. The number of nitrogens with zero attached hydrogens (tertiary/aromatic N) is 1. The van der Waals surface area contributed by atoms with Crippen LogP contribution in [0, 0.1) is 0 Å². The Labute approximate surface area is 125 Å². The maximum Gasteiger partial charge on any atom is 0.0366 e. The van der Waals surface area contributed by atoms with Crippen molar-refractivity contribution in [1.82, 2.24) is 10.3 Å². The second kappa shape index (κ2) is 6.51. The summed E-state index contributed by atoms with van der Waals surface area (Å²) in [4.78, 5) is 4.22. The van der Waals surface area contributed by atoms with Gasteiger partial charge in [-0.05, 0) is 35.5 Å².